The number of nitrogens with zero attached hydrogens (tertiary/aromatic N) is 2. The predicted octanol–water partition coefficient (Wildman–Crippen LogP) is 1.23. The summed E-state index contributed by atoms with van der Waals surface area (Å²) in [4.78, 5) is 28.8. The van der Waals surface area contributed by atoms with E-state index in [1.807, 2.05) is 0 Å². The molecule has 1 aliphatic heterocycles. The highest BCUT2D eigenvalue weighted by Gasteiger charge is 2.26. The number of rotatable bonds is 3. The van der Waals surface area contributed by atoms with Gasteiger partial charge in [0.1, 0.15) is 0 Å². The maximum Gasteiger partial charge on any atom is 0.276 e. The molecule has 0 atom stereocenters. The fourth-order valence-electron chi connectivity index (χ4n) is 3.00. The van der Waals surface area contributed by atoms with E-state index in [9.17, 15) is 18.0 Å². The van der Waals surface area contributed by atoms with Gasteiger partial charge in [-0.3, -0.25) is 14.0 Å². The number of carbonyl (C=O) groups is 2. The molecule has 1 aliphatic rings. The number of amides is 2. The maximum atomic E-state index is 12.8. The highest BCUT2D eigenvalue weighted by Crippen LogP contribution is 2.25. The van der Waals surface area contributed by atoms with Crippen molar-refractivity contribution in [2.24, 2.45) is 0 Å². The summed E-state index contributed by atoms with van der Waals surface area (Å²) in [6.07, 6.45) is 2.56. The molecule has 0 aliphatic carbocycles. The van der Waals surface area contributed by atoms with E-state index in [2.05, 4.69) is 15.6 Å². The third-order valence-corrected chi connectivity index (χ3v) is 5.08. The van der Waals surface area contributed by atoms with Crippen LogP contribution >= 0.6 is 0 Å². The van der Waals surface area contributed by atoms with E-state index in [1.165, 1.54) is 10.6 Å². The highest BCUT2D eigenvalue weighted by atomic mass is 32.2. The standard InChI is InChI=1S/C17H14N4O4S/c1-26(24,25)17-20-14(12-7-2-3-8-21(12)17)16(23)19-11-6-4-5-10-9-18-15(22)13(10)11/h2-8H,9H2,1H3,(H,18,22)(H,19,23). The van der Waals surface area contributed by atoms with Crippen molar-refractivity contribution in [1.29, 1.82) is 0 Å². The molecule has 0 saturated carbocycles. The molecule has 0 saturated heterocycles. The Morgan fingerprint density at radius 1 is 1.23 bits per heavy atom. The molecule has 0 bridgehead atoms. The molecular weight excluding hydrogens is 356 g/mol. The lowest BCUT2D eigenvalue weighted by molar-refractivity contribution is 0.0966. The lowest BCUT2D eigenvalue weighted by Crippen LogP contribution is -2.17. The van der Waals surface area contributed by atoms with E-state index < -0.39 is 15.7 Å². The average molecular weight is 370 g/mol. The third kappa shape index (κ3) is 2.53. The summed E-state index contributed by atoms with van der Waals surface area (Å²) in [6.45, 7) is 0.406. The fourth-order valence-corrected chi connectivity index (χ4v) is 3.78. The minimum absolute atomic E-state index is 0.0259. The van der Waals surface area contributed by atoms with Crippen LogP contribution in [0.4, 0.5) is 5.69 Å². The van der Waals surface area contributed by atoms with Crippen LogP contribution in [0.3, 0.4) is 0 Å². The molecule has 0 spiro atoms. The van der Waals surface area contributed by atoms with Crippen molar-refractivity contribution in [3.8, 4) is 0 Å². The minimum atomic E-state index is -3.63. The van der Waals surface area contributed by atoms with Gasteiger partial charge in [0.15, 0.2) is 5.69 Å². The summed E-state index contributed by atoms with van der Waals surface area (Å²) < 4.78 is 25.3. The second kappa shape index (κ2) is 5.67. The third-order valence-electron chi connectivity index (χ3n) is 4.13. The van der Waals surface area contributed by atoms with Gasteiger partial charge in [-0.25, -0.2) is 13.4 Å². The van der Waals surface area contributed by atoms with Gasteiger partial charge in [0.25, 0.3) is 11.8 Å². The quantitative estimate of drug-likeness (QED) is 0.721. The molecular formula is C17H14N4O4S. The zero-order valence-corrected chi connectivity index (χ0v) is 14.5. The van der Waals surface area contributed by atoms with Crippen LogP contribution in [0.25, 0.3) is 5.52 Å². The van der Waals surface area contributed by atoms with Crippen LogP contribution in [-0.4, -0.2) is 35.9 Å². The summed E-state index contributed by atoms with van der Waals surface area (Å²) in [5, 5.41) is 5.16. The molecule has 9 heteroatoms. The summed E-state index contributed by atoms with van der Waals surface area (Å²) in [5.41, 5.74) is 1.90. The van der Waals surface area contributed by atoms with Crippen LogP contribution in [0.1, 0.15) is 26.4 Å². The SMILES string of the molecule is CS(=O)(=O)c1nc(C(=O)Nc2cccc3c2C(=O)NC3)c2ccccn12. The van der Waals surface area contributed by atoms with E-state index in [-0.39, 0.29) is 16.8 Å². The Morgan fingerprint density at radius 2 is 2.04 bits per heavy atom. The number of fused-ring (bicyclic) bond motifs is 2. The van der Waals surface area contributed by atoms with Crippen molar-refractivity contribution in [2.45, 2.75) is 11.7 Å². The lowest BCUT2D eigenvalue weighted by Gasteiger charge is -2.07. The van der Waals surface area contributed by atoms with E-state index in [1.54, 1.807) is 36.4 Å². The van der Waals surface area contributed by atoms with Crippen molar-refractivity contribution < 1.29 is 18.0 Å². The van der Waals surface area contributed by atoms with Crippen molar-refractivity contribution in [3.05, 3.63) is 59.4 Å². The second-order valence-corrected chi connectivity index (χ2v) is 7.86. The summed E-state index contributed by atoms with van der Waals surface area (Å²) in [5.74, 6) is -0.848. The zero-order valence-electron chi connectivity index (χ0n) is 13.7. The number of carbonyl (C=O) groups excluding carboxylic acids is 2. The topological polar surface area (TPSA) is 110 Å². The number of pyridine rings is 1. The first kappa shape index (κ1) is 16.3. The van der Waals surface area contributed by atoms with Crippen molar-refractivity contribution in [3.63, 3.8) is 0 Å². The van der Waals surface area contributed by atoms with Crippen molar-refractivity contribution in [1.82, 2.24) is 14.7 Å². The van der Waals surface area contributed by atoms with Crippen molar-refractivity contribution in [2.75, 3.05) is 11.6 Å². The molecule has 2 amide bonds. The normalized spacial score (nSPS) is 13.5. The molecule has 3 aromatic rings. The van der Waals surface area contributed by atoms with Gasteiger partial charge in [-0.15, -0.1) is 0 Å². The molecule has 8 nitrogen and oxygen atoms in total. The van der Waals surface area contributed by atoms with Gasteiger partial charge in [-0.05, 0) is 23.8 Å². The van der Waals surface area contributed by atoms with Gasteiger partial charge in [0, 0.05) is 19.0 Å². The summed E-state index contributed by atoms with van der Waals surface area (Å²) in [7, 11) is -3.63. The molecule has 2 N–H and O–H groups in total. The Labute approximate surface area is 148 Å². The molecule has 1 aromatic carbocycles. The zero-order chi connectivity index (χ0) is 18.5. The monoisotopic (exact) mass is 370 g/mol. The molecule has 2 aromatic heterocycles. The van der Waals surface area contributed by atoms with Gasteiger partial charge >= 0.3 is 0 Å². The molecule has 26 heavy (non-hydrogen) atoms. The first-order valence-corrected chi connectivity index (χ1v) is 9.64. The summed E-state index contributed by atoms with van der Waals surface area (Å²) in [6, 6.07) is 10.1. The molecule has 0 radical (unpaired) electrons. The molecule has 0 unspecified atom stereocenters. The predicted molar refractivity (Wildman–Crippen MR) is 93.9 cm³/mol. The first-order valence-electron chi connectivity index (χ1n) is 7.75. The molecule has 4 rings (SSSR count). The minimum Gasteiger partial charge on any atom is -0.348 e. The average Bonchev–Trinajstić information content (AvgIpc) is 3.16. The van der Waals surface area contributed by atoms with Gasteiger partial charge < -0.3 is 10.6 Å². The van der Waals surface area contributed by atoms with E-state index in [0.717, 1.165) is 11.8 Å². The smallest absolute Gasteiger partial charge is 0.276 e. The Kier molecular flexibility index (Phi) is 3.55. The van der Waals surface area contributed by atoms with Crippen LogP contribution in [0.2, 0.25) is 0 Å². The van der Waals surface area contributed by atoms with Gasteiger partial charge in [0.05, 0.1) is 16.8 Å². The Hall–Kier alpha value is -3.20. The van der Waals surface area contributed by atoms with E-state index in [4.69, 9.17) is 0 Å². The van der Waals surface area contributed by atoms with Crippen molar-refractivity contribution >= 4 is 32.9 Å². The number of nitrogens with one attached hydrogen (secondary N) is 2. The van der Waals surface area contributed by atoms with Gasteiger partial charge in [-0.2, -0.15) is 0 Å². The highest BCUT2D eigenvalue weighted by molar-refractivity contribution is 7.90. The number of hydrogen-bond donors (Lipinski definition) is 2. The number of benzene rings is 1. The Bertz CT molecular complexity index is 1180. The van der Waals surface area contributed by atoms with Crippen LogP contribution in [0.15, 0.2) is 47.8 Å². The number of anilines is 1. The molecule has 3 heterocycles. The van der Waals surface area contributed by atoms with E-state index in [0.29, 0.717) is 23.3 Å². The molecule has 0 fully saturated rings. The number of aromatic nitrogens is 2. The molecule has 132 valence electrons. The maximum absolute atomic E-state index is 12.8. The Morgan fingerprint density at radius 3 is 2.81 bits per heavy atom. The Balaban J connectivity index is 1.80. The van der Waals surface area contributed by atoms with Crippen LogP contribution < -0.4 is 10.6 Å². The summed E-state index contributed by atoms with van der Waals surface area (Å²) >= 11 is 0. The second-order valence-electron chi connectivity index (χ2n) is 5.95. The van der Waals surface area contributed by atoms with Gasteiger partial charge in [-0.1, -0.05) is 18.2 Å². The van der Waals surface area contributed by atoms with Crippen LogP contribution in [-0.2, 0) is 16.4 Å². The van der Waals surface area contributed by atoms with Crippen LogP contribution in [0.5, 0.6) is 0 Å². The van der Waals surface area contributed by atoms with Gasteiger partial charge in [0.2, 0.25) is 15.0 Å². The lowest BCUT2D eigenvalue weighted by atomic mass is 10.1. The largest absolute Gasteiger partial charge is 0.348 e. The number of sulfone groups is 1. The fraction of sp³-hybridized carbons (Fsp3) is 0.118. The number of imidazole rings is 1. The first-order chi connectivity index (χ1) is 12.4. The number of hydrogen-bond acceptors (Lipinski definition) is 5. The van der Waals surface area contributed by atoms with Crippen LogP contribution in [0, 0.1) is 0 Å². The van der Waals surface area contributed by atoms with E-state index >= 15 is 0 Å².